The summed E-state index contributed by atoms with van der Waals surface area (Å²) in [5.74, 6) is -0.222. The van der Waals surface area contributed by atoms with Crippen molar-refractivity contribution in [1.82, 2.24) is 9.55 Å². The summed E-state index contributed by atoms with van der Waals surface area (Å²) in [5.41, 5.74) is 3.20. The molecule has 0 spiro atoms. The fourth-order valence-electron chi connectivity index (χ4n) is 2.90. The number of hydrogen-bond acceptors (Lipinski definition) is 7. The molecule has 0 unspecified atom stereocenters. The Morgan fingerprint density at radius 2 is 2.28 bits per heavy atom. The maximum Gasteiger partial charge on any atom is 0.349 e. The molecule has 3 rings (SSSR count). The number of hydrogen-bond donors (Lipinski definition) is 0. The van der Waals surface area contributed by atoms with Crippen LogP contribution < -0.4 is 0 Å². The average molecular weight is 411 g/mol. The lowest BCUT2D eigenvalue weighted by Gasteiger charge is -2.08. The van der Waals surface area contributed by atoms with Crippen molar-refractivity contribution in [2.45, 2.75) is 27.0 Å². The topological polar surface area (TPSA) is 90.3 Å². The number of nitrogens with zero attached hydrogens (tertiary/aromatic N) is 3. The number of rotatable bonds is 8. The molecule has 3 aromatic rings. The Morgan fingerprint density at radius 1 is 1.45 bits per heavy atom. The number of ether oxygens (including phenoxy) is 2. The van der Waals surface area contributed by atoms with Gasteiger partial charge in [0.25, 0.3) is 0 Å². The molecule has 0 aliphatic carbocycles. The first-order chi connectivity index (χ1) is 14.0. The Bertz CT molecular complexity index is 1050. The third-order valence-electron chi connectivity index (χ3n) is 4.41. The molecule has 0 N–H and O–H groups in total. The van der Waals surface area contributed by atoms with Gasteiger partial charge in [0, 0.05) is 25.0 Å². The molecule has 3 aromatic heterocycles. The van der Waals surface area contributed by atoms with Crippen molar-refractivity contribution in [1.29, 1.82) is 5.26 Å². The summed E-state index contributed by atoms with van der Waals surface area (Å²) in [6.45, 7) is 5.13. The van der Waals surface area contributed by atoms with Crippen LogP contribution in [0, 0.1) is 25.2 Å². The van der Waals surface area contributed by atoms with Gasteiger partial charge in [-0.3, -0.25) is 0 Å². The van der Waals surface area contributed by atoms with Gasteiger partial charge >= 0.3 is 5.97 Å². The average Bonchev–Trinajstić information content (AvgIpc) is 3.45. The molecule has 8 heteroatoms. The summed E-state index contributed by atoms with van der Waals surface area (Å²) in [6.07, 6.45) is 3.00. The van der Waals surface area contributed by atoms with Crippen LogP contribution in [0.15, 0.2) is 39.8 Å². The fraction of sp³-hybridized carbons (Fsp3) is 0.286. The monoisotopic (exact) mass is 411 g/mol. The number of aromatic nitrogens is 2. The van der Waals surface area contributed by atoms with Gasteiger partial charge in [0.2, 0.25) is 5.89 Å². The van der Waals surface area contributed by atoms with Crippen LogP contribution in [0.3, 0.4) is 0 Å². The minimum absolute atomic E-state index is 0.0699. The van der Waals surface area contributed by atoms with E-state index in [1.54, 1.807) is 13.2 Å². The zero-order valence-electron chi connectivity index (χ0n) is 16.5. The molecule has 29 heavy (non-hydrogen) atoms. The van der Waals surface area contributed by atoms with E-state index >= 15 is 0 Å². The third kappa shape index (κ3) is 4.83. The molecule has 0 aliphatic heterocycles. The molecular formula is C21H21N3O4S. The molecule has 3 heterocycles. The zero-order valence-corrected chi connectivity index (χ0v) is 17.3. The number of esters is 1. The second kappa shape index (κ2) is 9.37. The summed E-state index contributed by atoms with van der Waals surface area (Å²) in [5, 5.41) is 11.3. The smallest absolute Gasteiger partial charge is 0.349 e. The SMILES string of the molecule is COCCn1c(C)cc(/C=C(\C#N)C(=O)OCc2coc(-c3cccs3)n2)c1C. The van der Waals surface area contributed by atoms with Crippen LogP contribution in [0.5, 0.6) is 0 Å². The number of nitriles is 1. The van der Waals surface area contributed by atoms with Crippen LogP contribution in [0.1, 0.15) is 22.6 Å². The van der Waals surface area contributed by atoms with Crippen molar-refractivity contribution >= 4 is 23.4 Å². The van der Waals surface area contributed by atoms with Gasteiger partial charge in [-0.25, -0.2) is 9.78 Å². The van der Waals surface area contributed by atoms with E-state index in [2.05, 4.69) is 9.55 Å². The lowest BCUT2D eigenvalue weighted by atomic mass is 10.1. The van der Waals surface area contributed by atoms with Gasteiger partial charge < -0.3 is 18.5 Å². The Labute approximate surface area is 172 Å². The van der Waals surface area contributed by atoms with Crippen LogP contribution in [-0.2, 0) is 27.4 Å². The van der Waals surface area contributed by atoms with Crippen LogP contribution in [0.4, 0.5) is 0 Å². The van der Waals surface area contributed by atoms with Crippen LogP contribution in [0.25, 0.3) is 16.8 Å². The van der Waals surface area contributed by atoms with Gasteiger partial charge in [-0.1, -0.05) is 6.07 Å². The van der Waals surface area contributed by atoms with Crippen molar-refractivity contribution in [3.8, 4) is 16.8 Å². The first kappa shape index (κ1) is 20.6. The maximum absolute atomic E-state index is 12.4. The third-order valence-corrected chi connectivity index (χ3v) is 5.26. The highest BCUT2D eigenvalue weighted by Crippen LogP contribution is 2.24. The maximum atomic E-state index is 12.4. The largest absolute Gasteiger partial charge is 0.455 e. The molecule has 0 bridgehead atoms. The van der Waals surface area contributed by atoms with E-state index in [9.17, 15) is 10.1 Å². The van der Waals surface area contributed by atoms with Crippen LogP contribution in [-0.4, -0.2) is 29.2 Å². The molecule has 0 saturated heterocycles. The molecule has 0 saturated carbocycles. The van der Waals surface area contributed by atoms with Crippen LogP contribution in [0.2, 0.25) is 0 Å². The lowest BCUT2D eigenvalue weighted by molar-refractivity contribution is -0.139. The second-order valence-corrected chi connectivity index (χ2v) is 7.29. The van der Waals surface area contributed by atoms with Gasteiger partial charge in [0.05, 0.1) is 11.5 Å². The van der Waals surface area contributed by atoms with E-state index < -0.39 is 5.97 Å². The predicted octanol–water partition coefficient (Wildman–Crippen LogP) is 4.12. The molecule has 0 radical (unpaired) electrons. The first-order valence-electron chi connectivity index (χ1n) is 8.96. The highest BCUT2D eigenvalue weighted by Gasteiger charge is 2.15. The molecule has 0 amide bonds. The highest BCUT2D eigenvalue weighted by molar-refractivity contribution is 7.13. The number of carbonyl (C=O) groups is 1. The molecule has 150 valence electrons. The Hall–Kier alpha value is -3.15. The van der Waals surface area contributed by atoms with E-state index in [0.717, 1.165) is 21.8 Å². The molecule has 0 aliphatic rings. The minimum atomic E-state index is -0.699. The summed E-state index contributed by atoms with van der Waals surface area (Å²) >= 11 is 1.51. The summed E-state index contributed by atoms with van der Waals surface area (Å²) in [7, 11) is 1.65. The number of methoxy groups -OCH3 is 1. The molecule has 0 atom stereocenters. The predicted molar refractivity (Wildman–Crippen MR) is 109 cm³/mol. The van der Waals surface area contributed by atoms with E-state index in [4.69, 9.17) is 13.9 Å². The Kier molecular flexibility index (Phi) is 6.65. The minimum Gasteiger partial charge on any atom is -0.455 e. The Balaban J connectivity index is 1.69. The van der Waals surface area contributed by atoms with Crippen molar-refractivity contribution in [2.24, 2.45) is 0 Å². The molecule has 0 aromatic carbocycles. The van der Waals surface area contributed by atoms with Crippen molar-refractivity contribution in [3.05, 3.63) is 58.1 Å². The summed E-state index contributed by atoms with van der Waals surface area (Å²) in [6, 6.07) is 7.65. The summed E-state index contributed by atoms with van der Waals surface area (Å²) in [4.78, 5) is 17.6. The second-order valence-electron chi connectivity index (χ2n) is 6.34. The van der Waals surface area contributed by atoms with Crippen molar-refractivity contribution in [2.75, 3.05) is 13.7 Å². The van der Waals surface area contributed by atoms with E-state index in [-0.39, 0.29) is 12.2 Å². The van der Waals surface area contributed by atoms with Gasteiger partial charge in [-0.2, -0.15) is 5.26 Å². The molecular weight excluding hydrogens is 390 g/mol. The van der Waals surface area contributed by atoms with E-state index in [0.29, 0.717) is 24.7 Å². The van der Waals surface area contributed by atoms with Gasteiger partial charge in [-0.15, -0.1) is 11.3 Å². The zero-order chi connectivity index (χ0) is 20.8. The highest BCUT2D eigenvalue weighted by atomic mass is 32.1. The lowest BCUT2D eigenvalue weighted by Crippen LogP contribution is -2.08. The standard InChI is InChI=1S/C21H21N3O4S/c1-14-9-16(15(2)24(14)6-7-26-3)10-17(11-22)21(25)28-13-18-12-27-20(23-18)19-5-4-8-29-19/h4-5,8-10,12H,6-7,13H2,1-3H3/b17-10+. The van der Waals surface area contributed by atoms with E-state index in [1.165, 1.54) is 17.6 Å². The number of thiophene rings is 1. The number of carbonyl (C=O) groups excluding carboxylic acids is 1. The summed E-state index contributed by atoms with van der Waals surface area (Å²) < 4.78 is 17.9. The number of aryl methyl sites for hydroxylation is 1. The van der Waals surface area contributed by atoms with E-state index in [1.807, 2.05) is 43.5 Å². The van der Waals surface area contributed by atoms with Gasteiger partial charge in [-0.05, 0) is 43.0 Å². The Morgan fingerprint density at radius 3 is 2.97 bits per heavy atom. The van der Waals surface area contributed by atoms with Gasteiger partial charge in [0.1, 0.15) is 30.2 Å². The van der Waals surface area contributed by atoms with Gasteiger partial charge in [0.15, 0.2) is 0 Å². The van der Waals surface area contributed by atoms with Crippen molar-refractivity contribution in [3.63, 3.8) is 0 Å². The molecule has 0 fully saturated rings. The molecule has 7 nitrogen and oxygen atoms in total. The van der Waals surface area contributed by atoms with Crippen molar-refractivity contribution < 1.29 is 18.7 Å². The quantitative estimate of drug-likeness (QED) is 0.315. The van der Waals surface area contributed by atoms with Crippen LogP contribution >= 0.6 is 11.3 Å². The normalized spacial score (nSPS) is 11.4. The number of oxazole rings is 1. The fourth-order valence-corrected chi connectivity index (χ4v) is 3.55. The first-order valence-corrected chi connectivity index (χ1v) is 9.84.